The van der Waals surface area contributed by atoms with E-state index in [-0.39, 0.29) is 11.8 Å². The predicted octanol–water partition coefficient (Wildman–Crippen LogP) is 1.95. The summed E-state index contributed by atoms with van der Waals surface area (Å²) in [6.45, 7) is 4.15. The van der Waals surface area contributed by atoms with Crippen molar-refractivity contribution in [2.75, 3.05) is 7.05 Å². The van der Waals surface area contributed by atoms with Gasteiger partial charge in [-0.3, -0.25) is 4.79 Å². The Balaban J connectivity index is 3.36. The van der Waals surface area contributed by atoms with E-state index in [4.69, 9.17) is 0 Å². The standard InChI is InChI=1S/C9H19NO/c1-4-5-6-7-8(2)9(11)10-3/h8H,4-7H2,1-3H3,(H,10,11). The van der Waals surface area contributed by atoms with Crippen molar-refractivity contribution in [3.63, 3.8) is 0 Å². The predicted molar refractivity (Wildman–Crippen MR) is 47.4 cm³/mol. The van der Waals surface area contributed by atoms with Crippen LogP contribution in [-0.2, 0) is 4.79 Å². The van der Waals surface area contributed by atoms with E-state index in [9.17, 15) is 4.79 Å². The van der Waals surface area contributed by atoms with Crippen LogP contribution in [0, 0.1) is 5.92 Å². The molecule has 0 aliphatic heterocycles. The van der Waals surface area contributed by atoms with E-state index < -0.39 is 0 Å². The van der Waals surface area contributed by atoms with Crippen molar-refractivity contribution in [1.29, 1.82) is 0 Å². The smallest absolute Gasteiger partial charge is 0.222 e. The van der Waals surface area contributed by atoms with Crippen LogP contribution in [-0.4, -0.2) is 13.0 Å². The molecule has 0 aliphatic carbocycles. The van der Waals surface area contributed by atoms with Gasteiger partial charge < -0.3 is 5.32 Å². The molecule has 0 aromatic heterocycles. The van der Waals surface area contributed by atoms with Gasteiger partial charge in [0.05, 0.1) is 0 Å². The Morgan fingerprint density at radius 2 is 2.09 bits per heavy atom. The molecule has 0 saturated carbocycles. The highest BCUT2D eigenvalue weighted by atomic mass is 16.1. The van der Waals surface area contributed by atoms with E-state index in [2.05, 4.69) is 12.2 Å². The molecule has 2 nitrogen and oxygen atoms in total. The number of hydrogen-bond acceptors (Lipinski definition) is 1. The molecule has 0 saturated heterocycles. The van der Waals surface area contributed by atoms with Crippen molar-refractivity contribution in [3.05, 3.63) is 0 Å². The lowest BCUT2D eigenvalue weighted by atomic mass is 10.0. The third-order valence-electron chi connectivity index (χ3n) is 1.93. The van der Waals surface area contributed by atoms with Gasteiger partial charge in [0, 0.05) is 13.0 Å². The van der Waals surface area contributed by atoms with Crippen LogP contribution < -0.4 is 5.32 Å². The summed E-state index contributed by atoms with van der Waals surface area (Å²) in [6, 6.07) is 0. The summed E-state index contributed by atoms with van der Waals surface area (Å²) in [5.74, 6) is 0.354. The molecule has 0 bridgehead atoms. The first-order valence-electron chi connectivity index (χ1n) is 4.44. The molecule has 0 spiro atoms. The van der Waals surface area contributed by atoms with Crippen molar-refractivity contribution < 1.29 is 4.79 Å². The van der Waals surface area contributed by atoms with Crippen LogP contribution in [0.15, 0.2) is 0 Å². The van der Waals surface area contributed by atoms with Gasteiger partial charge in [0.15, 0.2) is 0 Å². The largest absolute Gasteiger partial charge is 0.359 e. The Morgan fingerprint density at radius 1 is 1.45 bits per heavy atom. The van der Waals surface area contributed by atoms with E-state index in [1.807, 2.05) is 6.92 Å². The second kappa shape index (κ2) is 6.20. The first-order valence-corrected chi connectivity index (χ1v) is 4.44. The van der Waals surface area contributed by atoms with Crippen molar-refractivity contribution in [2.45, 2.75) is 39.5 Å². The Morgan fingerprint density at radius 3 is 2.55 bits per heavy atom. The van der Waals surface area contributed by atoms with Gasteiger partial charge in [0.25, 0.3) is 0 Å². The maximum atomic E-state index is 11.0. The molecule has 0 aromatic rings. The van der Waals surface area contributed by atoms with Crippen LogP contribution in [0.2, 0.25) is 0 Å². The summed E-state index contributed by atoms with van der Waals surface area (Å²) in [5, 5.41) is 2.65. The van der Waals surface area contributed by atoms with Gasteiger partial charge in [-0.05, 0) is 6.42 Å². The van der Waals surface area contributed by atoms with Crippen LogP contribution in [0.1, 0.15) is 39.5 Å². The van der Waals surface area contributed by atoms with Gasteiger partial charge >= 0.3 is 0 Å². The third kappa shape index (κ3) is 4.82. The van der Waals surface area contributed by atoms with Crippen molar-refractivity contribution in [1.82, 2.24) is 5.32 Å². The van der Waals surface area contributed by atoms with Crippen LogP contribution in [0.4, 0.5) is 0 Å². The molecule has 1 atom stereocenters. The molecular formula is C9H19NO. The first kappa shape index (κ1) is 10.5. The molecule has 0 radical (unpaired) electrons. The molecule has 2 heteroatoms. The Hall–Kier alpha value is -0.530. The van der Waals surface area contributed by atoms with Gasteiger partial charge in [0.1, 0.15) is 0 Å². The second-order valence-corrected chi connectivity index (χ2v) is 3.01. The lowest BCUT2D eigenvalue weighted by Crippen LogP contribution is -2.25. The fraction of sp³-hybridized carbons (Fsp3) is 0.889. The molecule has 66 valence electrons. The normalized spacial score (nSPS) is 12.6. The van der Waals surface area contributed by atoms with Gasteiger partial charge in [-0.25, -0.2) is 0 Å². The van der Waals surface area contributed by atoms with E-state index in [0.717, 1.165) is 6.42 Å². The third-order valence-corrected chi connectivity index (χ3v) is 1.93. The van der Waals surface area contributed by atoms with E-state index in [0.29, 0.717) is 0 Å². The molecular weight excluding hydrogens is 138 g/mol. The van der Waals surface area contributed by atoms with Crippen molar-refractivity contribution >= 4 is 5.91 Å². The zero-order valence-electron chi connectivity index (χ0n) is 7.81. The van der Waals surface area contributed by atoms with Gasteiger partial charge in [-0.1, -0.05) is 33.1 Å². The molecule has 1 N–H and O–H groups in total. The van der Waals surface area contributed by atoms with Crippen LogP contribution in [0.3, 0.4) is 0 Å². The minimum absolute atomic E-state index is 0.168. The van der Waals surface area contributed by atoms with Gasteiger partial charge in [-0.2, -0.15) is 0 Å². The van der Waals surface area contributed by atoms with Crippen LogP contribution in [0.5, 0.6) is 0 Å². The lowest BCUT2D eigenvalue weighted by molar-refractivity contribution is -0.124. The molecule has 0 rings (SSSR count). The number of nitrogens with one attached hydrogen (secondary N) is 1. The Labute approximate surface area is 69.4 Å². The monoisotopic (exact) mass is 157 g/mol. The molecule has 0 aliphatic rings. The quantitative estimate of drug-likeness (QED) is 0.607. The van der Waals surface area contributed by atoms with Gasteiger partial charge in [-0.15, -0.1) is 0 Å². The number of carbonyl (C=O) groups excluding carboxylic acids is 1. The molecule has 1 unspecified atom stereocenters. The Kier molecular flexibility index (Phi) is 5.90. The lowest BCUT2D eigenvalue weighted by Gasteiger charge is -2.08. The highest BCUT2D eigenvalue weighted by Crippen LogP contribution is 2.08. The maximum absolute atomic E-state index is 11.0. The van der Waals surface area contributed by atoms with Crippen molar-refractivity contribution in [2.24, 2.45) is 5.92 Å². The minimum atomic E-state index is 0.168. The topological polar surface area (TPSA) is 29.1 Å². The fourth-order valence-corrected chi connectivity index (χ4v) is 1.08. The van der Waals surface area contributed by atoms with E-state index >= 15 is 0 Å². The zero-order chi connectivity index (χ0) is 8.69. The summed E-state index contributed by atoms with van der Waals surface area (Å²) in [4.78, 5) is 11.0. The van der Waals surface area contributed by atoms with Crippen molar-refractivity contribution in [3.8, 4) is 0 Å². The van der Waals surface area contributed by atoms with Gasteiger partial charge in [0.2, 0.25) is 5.91 Å². The van der Waals surface area contributed by atoms with Crippen LogP contribution in [0.25, 0.3) is 0 Å². The Bertz CT molecular complexity index is 112. The van der Waals surface area contributed by atoms with E-state index in [1.54, 1.807) is 7.05 Å². The maximum Gasteiger partial charge on any atom is 0.222 e. The molecule has 0 heterocycles. The summed E-state index contributed by atoms with van der Waals surface area (Å²) in [5.41, 5.74) is 0. The number of hydrogen-bond donors (Lipinski definition) is 1. The molecule has 0 fully saturated rings. The minimum Gasteiger partial charge on any atom is -0.359 e. The van der Waals surface area contributed by atoms with Crippen LogP contribution >= 0.6 is 0 Å². The average Bonchev–Trinajstić information content (AvgIpc) is 2.03. The SMILES string of the molecule is CCCCCC(C)C(=O)NC. The van der Waals surface area contributed by atoms with E-state index in [1.165, 1.54) is 19.3 Å². The molecule has 1 amide bonds. The summed E-state index contributed by atoms with van der Waals surface area (Å²) in [7, 11) is 1.69. The second-order valence-electron chi connectivity index (χ2n) is 3.01. The highest BCUT2D eigenvalue weighted by Gasteiger charge is 2.08. The number of rotatable bonds is 5. The number of carbonyl (C=O) groups is 1. The summed E-state index contributed by atoms with van der Waals surface area (Å²) < 4.78 is 0. The molecule has 11 heavy (non-hydrogen) atoms. The number of unbranched alkanes of at least 4 members (excludes halogenated alkanes) is 2. The zero-order valence-corrected chi connectivity index (χ0v) is 7.81. The fourth-order valence-electron chi connectivity index (χ4n) is 1.08. The highest BCUT2D eigenvalue weighted by molar-refractivity contribution is 5.77. The number of amides is 1. The first-order chi connectivity index (χ1) is 5.22. The average molecular weight is 157 g/mol. The molecule has 0 aromatic carbocycles. The summed E-state index contributed by atoms with van der Waals surface area (Å²) >= 11 is 0. The summed E-state index contributed by atoms with van der Waals surface area (Å²) in [6.07, 6.45) is 4.65.